The van der Waals surface area contributed by atoms with Crippen molar-refractivity contribution in [3.63, 3.8) is 0 Å². The molecule has 2 N–H and O–H groups in total. The summed E-state index contributed by atoms with van der Waals surface area (Å²) in [6, 6.07) is 9.52. The predicted molar refractivity (Wildman–Crippen MR) is 123 cm³/mol. The molecule has 2 aromatic carbocycles. The molecule has 8 nitrogen and oxygen atoms in total. The van der Waals surface area contributed by atoms with E-state index in [0.29, 0.717) is 23.6 Å². The molecule has 3 heterocycles. The molecule has 2 aromatic heterocycles. The molecule has 1 aliphatic rings. The number of hydrogen-bond donors (Lipinski definition) is 2. The molecular weight excluding hydrogens is 445 g/mol. The van der Waals surface area contributed by atoms with Gasteiger partial charge in [-0.2, -0.15) is 5.10 Å². The van der Waals surface area contributed by atoms with E-state index in [9.17, 15) is 12.8 Å². The number of benzene rings is 2. The molecule has 0 bridgehead atoms. The first kappa shape index (κ1) is 22.0. The zero-order valence-corrected chi connectivity index (χ0v) is 18.9. The topological polar surface area (TPSA) is 104 Å². The molecule has 0 saturated carbocycles. The zero-order valence-electron chi connectivity index (χ0n) is 18.1. The quantitative estimate of drug-likeness (QED) is 0.379. The molecular formula is C23H26FN5O3S. The number of rotatable bonds is 8. The monoisotopic (exact) mass is 471 g/mol. The van der Waals surface area contributed by atoms with Crippen LogP contribution >= 0.6 is 0 Å². The highest BCUT2D eigenvalue weighted by Gasteiger charge is 2.25. The first-order valence-corrected chi connectivity index (χ1v) is 12.7. The number of nitrogens with zero attached hydrogens (tertiary/aromatic N) is 3. The van der Waals surface area contributed by atoms with Crippen molar-refractivity contribution in [1.29, 1.82) is 0 Å². The Hall–Kier alpha value is -2.82. The van der Waals surface area contributed by atoms with Crippen LogP contribution < -0.4 is 4.72 Å². The van der Waals surface area contributed by atoms with Gasteiger partial charge in [0.25, 0.3) is 0 Å². The second kappa shape index (κ2) is 9.20. The molecule has 1 fully saturated rings. The van der Waals surface area contributed by atoms with Gasteiger partial charge in [-0.1, -0.05) is 5.16 Å². The second-order valence-corrected chi connectivity index (χ2v) is 10.3. The van der Waals surface area contributed by atoms with Gasteiger partial charge in [0.05, 0.1) is 22.3 Å². The SMILES string of the molecule is O=S(=O)(NCCCCN1CCC(c2noc3cc(F)ccc23)CC1)c1ccc2cn[nH]c2c1. The molecule has 174 valence electrons. The third-order valence-corrected chi connectivity index (χ3v) is 7.81. The highest BCUT2D eigenvalue weighted by Crippen LogP contribution is 2.32. The van der Waals surface area contributed by atoms with Gasteiger partial charge in [-0.05, 0) is 75.6 Å². The maximum atomic E-state index is 13.4. The highest BCUT2D eigenvalue weighted by molar-refractivity contribution is 7.89. The molecule has 10 heteroatoms. The summed E-state index contributed by atoms with van der Waals surface area (Å²) in [5, 5.41) is 12.7. The van der Waals surface area contributed by atoms with E-state index >= 15 is 0 Å². The van der Waals surface area contributed by atoms with Gasteiger partial charge in [0.15, 0.2) is 5.58 Å². The van der Waals surface area contributed by atoms with Crippen molar-refractivity contribution in [2.45, 2.75) is 36.5 Å². The number of fused-ring (bicyclic) bond motifs is 2. The van der Waals surface area contributed by atoms with Crippen LogP contribution in [0.4, 0.5) is 4.39 Å². The third-order valence-electron chi connectivity index (χ3n) is 6.35. The first-order valence-electron chi connectivity index (χ1n) is 11.2. The summed E-state index contributed by atoms with van der Waals surface area (Å²) in [6.07, 6.45) is 5.30. The van der Waals surface area contributed by atoms with Crippen molar-refractivity contribution in [2.24, 2.45) is 0 Å². The summed E-state index contributed by atoms with van der Waals surface area (Å²) >= 11 is 0. The zero-order chi connectivity index (χ0) is 22.8. The minimum Gasteiger partial charge on any atom is -0.356 e. The number of piperidine rings is 1. The summed E-state index contributed by atoms with van der Waals surface area (Å²) in [7, 11) is -3.54. The van der Waals surface area contributed by atoms with Crippen LogP contribution in [0.15, 0.2) is 52.0 Å². The number of unbranched alkanes of at least 4 members (excludes halogenated alkanes) is 1. The lowest BCUT2D eigenvalue weighted by Crippen LogP contribution is -2.34. The van der Waals surface area contributed by atoms with Crippen molar-refractivity contribution in [2.75, 3.05) is 26.2 Å². The molecule has 1 saturated heterocycles. The van der Waals surface area contributed by atoms with E-state index in [1.54, 1.807) is 30.5 Å². The molecule has 0 radical (unpaired) electrons. The number of aromatic nitrogens is 3. The van der Waals surface area contributed by atoms with Crippen LogP contribution in [0.25, 0.3) is 21.9 Å². The summed E-state index contributed by atoms with van der Waals surface area (Å²) in [6.45, 7) is 3.24. The largest absolute Gasteiger partial charge is 0.356 e. The van der Waals surface area contributed by atoms with E-state index in [1.165, 1.54) is 12.1 Å². The van der Waals surface area contributed by atoms with Crippen LogP contribution in [-0.4, -0.2) is 54.9 Å². The van der Waals surface area contributed by atoms with Gasteiger partial charge in [-0.25, -0.2) is 17.5 Å². The van der Waals surface area contributed by atoms with Crippen LogP contribution in [0.2, 0.25) is 0 Å². The molecule has 33 heavy (non-hydrogen) atoms. The van der Waals surface area contributed by atoms with Gasteiger partial charge in [-0.3, -0.25) is 5.10 Å². The van der Waals surface area contributed by atoms with Gasteiger partial charge in [0.2, 0.25) is 10.0 Å². The van der Waals surface area contributed by atoms with Crippen LogP contribution in [-0.2, 0) is 10.0 Å². The van der Waals surface area contributed by atoms with Gasteiger partial charge >= 0.3 is 0 Å². The first-order chi connectivity index (χ1) is 16.0. The minimum absolute atomic E-state index is 0.240. The van der Waals surface area contributed by atoms with E-state index in [4.69, 9.17) is 4.52 Å². The lowest BCUT2D eigenvalue weighted by atomic mass is 9.91. The maximum Gasteiger partial charge on any atom is 0.240 e. The molecule has 0 atom stereocenters. The lowest BCUT2D eigenvalue weighted by molar-refractivity contribution is 0.206. The molecule has 0 spiro atoms. The van der Waals surface area contributed by atoms with E-state index < -0.39 is 10.0 Å². The average molecular weight is 472 g/mol. The van der Waals surface area contributed by atoms with Crippen molar-refractivity contribution in [3.8, 4) is 0 Å². The maximum absolute atomic E-state index is 13.4. The average Bonchev–Trinajstić information content (AvgIpc) is 3.45. The Morgan fingerprint density at radius 3 is 2.85 bits per heavy atom. The fourth-order valence-electron chi connectivity index (χ4n) is 4.49. The standard InChI is InChI=1S/C23H26FN5O3S/c24-18-4-6-20-22(13-18)32-28-23(20)16-7-11-29(12-8-16)10-2-1-9-26-33(30,31)19-5-3-17-15-25-27-21(17)14-19/h3-6,13-16,26H,1-2,7-12H2,(H,25,27). The van der Waals surface area contributed by atoms with Crippen molar-refractivity contribution in [3.05, 3.63) is 54.1 Å². The van der Waals surface area contributed by atoms with Gasteiger partial charge in [-0.15, -0.1) is 0 Å². The van der Waals surface area contributed by atoms with E-state index in [0.717, 1.165) is 61.8 Å². The van der Waals surface area contributed by atoms with Crippen LogP contribution in [0.3, 0.4) is 0 Å². The Balaban J connectivity index is 1.06. The van der Waals surface area contributed by atoms with Crippen molar-refractivity contribution >= 4 is 31.9 Å². The second-order valence-electron chi connectivity index (χ2n) is 8.55. The van der Waals surface area contributed by atoms with Crippen molar-refractivity contribution in [1.82, 2.24) is 25.0 Å². The molecule has 0 amide bonds. The molecule has 1 aliphatic heterocycles. The third kappa shape index (κ3) is 4.78. The number of nitrogens with one attached hydrogen (secondary N) is 2. The number of aromatic amines is 1. The van der Waals surface area contributed by atoms with Gasteiger partial charge in [0, 0.05) is 29.3 Å². The van der Waals surface area contributed by atoms with Gasteiger partial charge in [0.1, 0.15) is 5.82 Å². The Labute approximate surface area is 191 Å². The summed E-state index contributed by atoms with van der Waals surface area (Å²) < 4.78 is 46.4. The van der Waals surface area contributed by atoms with Crippen molar-refractivity contribution < 1.29 is 17.3 Å². The summed E-state index contributed by atoms with van der Waals surface area (Å²) in [5.41, 5.74) is 2.12. The number of likely N-dealkylation sites (tertiary alicyclic amines) is 1. The Bertz CT molecular complexity index is 1360. The van der Waals surface area contributed by atoms with Crippen LogP contribution in [0.5, 0.6) is 0 Å². The number of halogens is 1. The predicted octanol–water partition coefficient (Wildman–Crippen LogP) is 3.78. The normalized spacial score (nSPS) is 16.2. The summed E-state index contributed by atoms with van der Waals surface area (Å²) in [4.78, 5) is 2.64. The molecule has 0 unspecified atom stereocenters. The Morgan fingerprint density at radius 1 is 1.15 bits per heavy atom. The number of H-pyrrole nitrogens is 1. The van der Waals surface area contributed by atoms with Crippen LogP contribution in [0.1, 0.15) is 37.3 Å². The minimum atomic E-state index is -3.54. The molecule has 0 aliphatic carbocycles. The Kier molecular flexibility index (Phi) is 6.13. The lowest BCUT2D eigenvalue weighted by Gasteiger charge is -2.31. The Morgan fingerprint density at radius 2 is 2.00 bits per heavy atom. The van der Waals surface area contributed by atoms with E-state index in [1.807, 2.05) is 0 Å². The van der Waals surface area contributed by atoms with Gasteiger partial charge < -0.3 is 9.42 Å². The summed E-state index contributed by atoms with van der Waals surface area (Å²) in [5.74, 6) is -0.00632. The van der Waals surface area contributed by atoms with E-state index in [2.05, 4.69) is 25.0 Å². The fourth-order valence-corrected chi connectivity index (χ4v) is 5.59. The highest BCUT2D eigenvalue weighted by atomic mass is 32.2. The number of sulfonamides is 1. The molecule has 4 aromatic rings. The number of hydrogen-bond acceptors (Lipinski definition) is 6. The molecule has 5 rings (SSSR count). The smallest absolute Gasteiger partial charge is 0.240 e. The van der Waals surface area contributed by atoms with Crippen LogP contribution in [0, 0.1) is 5.82 Å². The fraction of sp³-hybridized carbons (Fsp3) is 0.391. The van der Waals surface area contributed by atoms with E-state index in [-0.39, 0.29) is 10.7 Å².